The van der Waals surface area contributed by atoms with Crippen LogP contribution in [0.4, 0.5) is 21.6 Å². The average Bonchev–Trinajstić information content (AvgIpc) is 2.93. The molecule has 1 fully saturated rings. The first-order valence-corrected chi connectivity index (χ1v) is 12.5. The van der Waals surface area contributed by atoms with Gasteiger partial charge in [-0.05, 0) is 67.4 Å². The van der Waals surface area contributed by atoms with Crippen LogP contribution in [-0.2, 0) is 11.2 Å². The molecule has 1 aliphatic rings. The Bertz CT molecular complexity index is 1440. The van der Waals surface area contributed by atoms with Crippen molar-refractivity contribution >= 4 is 83.2 Å². The lowest BCUT2D eigenvalue weighted by molar-refractivity contribution is -0.107. The van der Waals surface area contributed by atoms with Crippen molar-refractivity contribution in [1.82, 2.24) is 15.3 Å². The quantitative estimate of drug-likeness (QED) is 0.195. The zero-order valence-electron chi connectivity index (χ0n) is 21.6. The second-order valence-electron chi connectivity index (χ2n) is 9.15. The standard InChI is InChI=1S/C28H27ClFN5O2.3ClH/c1-31-21-3-2-9-35(16-21)26-7-5-20(15-33-26)34-27-18(8-10-36)14-32-25-6-4-17(11-22(25)27)19-12-23(29)28(37)24(30)13-19;;;/h4-7,10-15,21,31,37H,2-3,8-9,16H2,1H3,(H,32,34);3*1H. The molecular formula is C28H30Cl4FN5O2. The van der Waals surface area contributed by atoms with Crippen LogP contribution in [0.25, 0.3) is 22.0 Å². The molecule has 1 atom stereocenters. The van der Waals surface area contributed by atoms with E-state index < -0.39 is 11.6 Å². The largest absolute Gasteiger partial charge is 0.504 e. The SMILES string of the molecule is CNC1CCCN(c2ccc(Nc3c(CC=O)cnc4ccc(-c5cc(F)c(O)c(Cl)c5)cc34)cn2)C1.Cl.Cl.Cl. The highest BCUT2D eigenvalue weighted by Crippen LogP contribution is 2.36. The van der Waals surface area contributed by atoms with Crippen LogP contribution in [0.5, 0.6) is 5.75 Å². The van der Waals surface area contributed by atoms with E-state index in [9.17, 15) is 14.3 Å². The number of aldehydes is 1. The molecule has 5 rings (SSSR count). The highest BCUT2D eigenvalue weighted by Gasteiger charge is 2.20. The number of carbonyl (C=O) groups excluding carboxylic acids is 1. The molecule has 1 saturated heterocycles. The van der Waals surface area contributed by atoms with Gasteiger partial charge in [0.2, 0.25) is 0 Å². The minimum Gasteiger partial charge on any atom is -0.504 e. The Balaban J connectivity index is 0.00000187. The van der Waals surface area contributed by atoms with Crippen molar-refractivity contribution in [2.75, 3.05) is 30.4 Å². The molecule has 7 nitrogen and oxygen atoms in total. The molecule has 0 saturated carbocycles. The zero-order valence-corrected chi connectivity index (χ0v) is 24.8. The van der Waals surface area contributed by atoms with Gasteiger partial charge in [-0.25, -0.2) is 9.37 Å². The summed E-state index contributed by atoms with van der Waals surface area (Å²) >= 11 is 6.01. The van der Waals surface area contributed by atoms with E-state index in [-0.39, 0.29) is 48.7 Å². The van der Waals surface area contributed by atoms with Crippen LogP contribution in [0.3, 0.4) is 0 Å². The highest BCUT2D eigenvalue weighted by atomic mass is 35.5. The van der Waals surface area contributed by atoms with Gasteiger partial charge in [-0.2, -0.15) is 0 Å². The fraction of sp³-hybridized carbons (Fsp3) is 0.250. The number of aromatic hydroxyl groups is 1. The molecule has 1 aliphatic heterocycles. The summed E-state index contributed by atoms with van der Waals surface area (Å²) in [5, 5.41) is 17.2. The Morgan fingerprint density at radius 1 is 1.10 bits per heavy atom. The van der Waals surface area contributed by atoms with Gasteiger partial charge in [0, 0.05) is 42.7 Å². The third-order valence-corrected chi connectivity index (χ3v) is 7.06. The van der Waals surface area contributed by atoms with Crippen molar-refractivity contribution in [2.24, 2.45) is 0 Å². The molecule has 4 aromatic rings. The maximum Gasteiger partial charge on any atom is 0.170 e. The number of pyridine rings is 2. The predicted molar refractivity (Wildman–Crippen MR) is 167 cm³/mol. The van der Waals surface area contributed by atoms with Crippen molar-refractivity contribution in [3.05, 3.63) is 71.3 Å². The number of halogens is 5. The number of nitrogens with zero attached hydrogens (tertiary/aromatic N) is 3. The fourth-order valence-electron chi connectivity index (χ4n) is 4.75. The minimum atomic E-state index is -0.797. The van der Waals surface area contributed by atoms with Gasteiger partial charge in [0.1, 0.15) is 12.1 Å². The second-order valence-corrected chi connectivity index (χ2v) is 9.56. The topological polar surface area (TPSA) is 90.4 Å². The Morgan fingerprint density at radius 2 is 1.90 bits per heavy atom. The number of benzene rings is 2. The summed E-state index contributed by atoms with van der Waals surface area (Å²) in [5.41, 5.74) is 4.15. The van der Waals surface area contributed by atoms with Gasteiger partial charge in [-0.1, -0.05) is 17.7 Å². The molecule has 0 aliphatic carbocycles. The molecule has 2 aromatic carbocycles. The number of anilines is 3. The molecule has 3 heterocycles. The number of hydrogen-bond acceptors (Lipinski definition) is 7. The summed E-state index contributed by atoms with van der Waals surface area (Å²) in [6, 6.07) is 12.7. The maximum atomic E-state index is 14.2. The van der Waals surface area contributed by atoms with E-state index in [0.29, 0.717) is 22.7 Å². The Kier molecular flexibility index (Phi) is 12.2. The molecular weight excluding hydrogens is 599 g/mol. The van der Waals surface area contributed by atoms with Gasteiger partial charge < -0.3 is 25.4 Å². The predicted octanol–water partition coefficient (Wildman–Crippen LogP) is 6.73. The van der Waals surface area contributed by atoms with E-state index in [1.165, 1.54) is 12.1 Å². The van der Waals surface area contributed by atoms with Gasteiger partial charge in [-0.3, -0.25) is 4.98 Å². The molecule has 0 spiro atoms. The first-order valence-electron chi connectivity index (χ1n) is 12.2. The van der Waals surface area contributed by atoms with Crippen molar-refractivity contribution in [1.29, 1.82) is 0 Å². The lowest BCUT2D eigenvalue weighted by Crippen LogP contribution is -2.44. The number of hydrogen-bond donors (Lipinski definition) is 3. The smallest absolute Gasteiger partial charge is 0.170 e. The summed E-state index contributed by atoms with van der Waals surface area (Å²) in [6.07, 6.45) is 6.76. The first kappa shape index (κ1) is 33.3. The third-order valence-electron chi connectivity index (χ3n) is 6.77. The highest BCUT2D eigenvalue weighted by molar-refractivity contribution is 6.32. The minimum absolute atomic E-state index is 0. The van der Waals surface area contributed by atoms with E-state index in [1.54, 1.807) is 12.4 Å². The number of piperidine rings is 1. The summed E-state index contributed by atoms with van der Waals surface area (Å²) in [6.45, 7) is 1.89. The van der Waals surface area contributed by atoms with Crippen molar-refractivity contribution < 1.29 is 14.3 Å². The van der Waals surface area contributed by atoms with E-state index in [4.69, 9.17) is 11.6 Å². The number of likely N-dealkylation sites (N-methyl/N-ethyl adjacent to an activating group) is 1. The third kappa shape index (κ3) is 7.06. The first-order chi connectivity index (χ1) is 18.0. The van der Waals surface area contributed by atoms with Gasteiger partial charge in [-0.15, -0.1) is 37.2 Å². The Morgan fingerprint density at radius 3 is 2.58 bits per heavy atom. The lowest BCUT2D eigenvalue weighted by Gasteiger charge is -2.33. The summed E-state index contributed by atoms with van der Waals surface area (Å²) in [4.78, 5) is 22.9. The van der Waals surface area contributed by atoms with Gasteiger partial charge in [0.25, 0.3) is 0 Å². The Labute approximate surface area is 255 Å². The summed E-state index contributed by atoms with van der Waals surface area (Å²) < 4.78 is 14.2. The van der Waals surface area contributed by atoms with E-state index >= 15 is 0 Å². The number of phenolic OH excluding ortho intramolecular Hbond substituents is 1. The van der Waals surface area contributed by atoms with Crippen molar-refractivity contribution in [3.8, 4) is 16.9 Å². The number of fused-ring (bicyclic) bond motifs is 1. The zero-order chi connectivity index (χ0) is 25.9. The fourth-order valence-corrected chi connectivity index (χ4v) is 4.96. The number of carbonyl (C=O) groups is 1. The molecule has 0 bridgehead atoms. The normalized spacial score (nSPS) is 14.5. The summed E-state index contributed by atoms with van der Waals surface area (Å²) in [7, 11) is 1.99. The lowest BCUT2D eigenvalue weighted by atomic mass is 10.00. The number of nitrogens with one attached hydrogen (secondary N) is 2. The van der Waals surface area contributed by atoms with Gasteiger partial charge in [0.05, 0.1) is 28.1 Å². The van der Waals surface area contributed by atoms with Crippen molar-refractivity contribution in [3.63, 3.8) is 0 Å². The van der Waals surface area contributed by atoms with Crippen LogP contribution in [-0.4, -0.2) is 47.5 Å². The Hall–Kier alpha value is -2.88. The van der Waals surface area contributed by atoms with Gasteiger partial charge >= 0.3 is 0 Å². The molecule has 214 valence electrons. The molecule has 2 aromatic heterocycles. The van der Waals surface area contributed by atoms with E-state index in [1.807, 2.05) is 37.4 Å². The van der Waals surface area contributed by atoms with Crippen molar-refractivity contribution in [2.45, 2.75) is 25.3 Å². The molecule has 3 N–H and O–H groups in total. The van der Waals surface area contributed by atoms with Crippen LogP contribution < -0.4 is 15.5 Å². The molecule has 1 unspecified atom stereocenters. The van der Waals surface area contributed by atoms with Gasteiger partial charge in [0.15, 0.2) is 11.6 Å². The average molecular weight is 629 g/mol. The van der Waals surface area contributed by atoms with Crippen LogP contribution in [0, 0.1) is 5.82 Å². The molecule has 0 amide bonds. The van der Waals surface area contributed by atoms with Crippen LogP contribution in [0.2, 0.25) is 5.02 Å². The maximum absolute atomic E-state index is 14.2. The van der Waals surface area contributed by atoms with Crippen LogP contribution in [0.15, 0.2) is 54.9 Å². The number of phenols is 1. The summed E-state index contributed by atoms with van der Waals surface area (Å²) in [5.74, 6) is -0.452. The monoisotopic (exact) mass is 627 g/mol. The van der Waals surface area contributed by atoms with Crippen LogP contribution >= 0.6 is 48.8 Å². The molecule has 40 heavy (non-hydrogen) atoms. The number of rotatable bonds is 7. The molecule has 12 heteroatoms. The molecule has 0 radical (unpaired) electrons. The van der Waals surface area contributed by atoms with E-state index in [2.05, 4.69) is 25.5 Å². The van der Waals surface area contributed by atoms with E-state index in [0.717, 1.165) is 60.4 Å². The van der Waals surface area contributed by atoms with Crippen LogP contribution in [0.1, 0.15) is 18.4 Å². The number of aromatic nitrogens is 2. The second kappa shape index (κ2) is 14.7.